The minimum absolute atomic E-state index is 0.00666. The van der Waals surface area contributed by atoms with Crippen LogP contribution in [0.5, 0.6) is 0 Å². The number of anilines is 1. The van der Waals surface area contributed by atoms with E-state index in [-0.39, 0.29) is 11.4 Å². The molecule has 8 nitrogen and oxygen atoms in total. The molecule has 0 saturated carbocycles. The first kappa shape index (κ1) is 16.2. The van der Waals surface area contributed by atoms with Crippen LogP contribution in [-0.2, 0) is 23.9 Å². The van der Waals surface area contributed by atoms with Crippen molar-refractivity contribution in [2.45, 2.75) is 6.92 Å². The third-order valence-electron chi connectivity index (χ3n) is 2.37. The normalized spacial score (nSPS) is 9.48. The molecule has 112 valence electrons. The van der Waals surface area contributed by atoms with E-state index in [1.807, 2.05) is 0 Å². The van der Waals surface area contributed by atoms with Crippen LogP contribution in [-0.4, -0.2) is 42.2 Å². The number of aliphatic hydroxyl groups is 1. The van der Waals surface area contributed by atoms with Crippen molar-refractivity contribution in [3.05, 3.63) is 29.5 Å². The SMILES string of the molecule is COC(=O)C(C(=O)OC)=C(O)c1cccnc1NC(C)=O. The Hall–Kier alpha value is -2.90. The van der Waals surface area contributed by atoms with Gasteiger partial charge in [-0.05, 0) is 12.1 Å². The van der Waals surface area contributed by atoms with E-state index in [1.54, 1.807) is 0 Å². The van der Waals surface area contributed by atoms with Crippen LogP contribution >= 0.6 is 0 Å². The van der Waals surface area contributed by atoms with Crippen LogP contribution in [0.15, 0.2) is 23.9 Å². The van der Waals surface area contributed by atoms with Gasteiger partial charge in [0.05, 0.1) is 19.8 Å². The average molecular weight is 294 g/mol. The van der Waals surface area contributed by atoms with Crippen LogP contribution in [0.1, 0.15) is 12.5 Å². The molecule has 0 unspecified atom stereocenters. The average Bonchev–Trinajstić information content (AvgIpc) is 2.46. The molecule has 0 aliphatic rings. The molecule has 0 spiro atoms. The van der Waals surface area contributed by atoms with Crippen LogP contribution in [0.25, 0.3) is 5.76 Å². The summed E-state index contributed by atoms with van der Waals surface area (Å²) in [5, 5.41) is 12.5. The summed E-state index contributed by atoms with van der Waals surface area (Å²) in [7, 11) is 2.10. The van der Waals surface area contributed by atoms with Crippen LogP contribution in [0.4, 0.5) is 5.82 Å². The molecule has 0 aliphatic heterocycles. The topological polar surface area (TPSA) is 115 Å². The Bertz CT molecular complexity index is 590. The van der Waals surface area contributed by atoms with E-state index in [1.165, 1.54) is 25.3 Å². The molecule has 0 fully saturated rings. The Labute approximate surface area is 120 Å². The zero-order valence-corrected chi connectivity index (χ0v) is 11.7. The first-order valence-corrected chi connectivity index (χ1v) is 5.75. The maximum Gasteiger partial charge on any atom is 0.349 e. The molecule has 2 N–H and O–H groups in total. The number of aromatic nitrogens is 1. The molecule has 1 rings (SSSR count). The molecule has 1 amide bonds. The molecule has 0 radical (unpaired) electrons. The van der Waals surface area contributed by atoms with Crippen LogP contribution < -0.4 is 5.32 Å². The Kier molecular flexibility index (Phi) is 5.41. The lowest BCUT2D eigenvalue weighted by atomic mass is 10.1. The fourth-order valence-corrected chi connectivity index (χ4v) is 1.48. The van der Waals surface area contributed by atoms with Crippen molar-refractivity contribution >= 4 is 29.4 Å². The van der Waals surface area contributed by atoms with Gasteiger partial charge in [-0.15, -0.1) is 0 Å². The van der Waals surface area contributed by atoms with E-state index in [0.29, 0.717) is 0 Å². The molecular formula is C13H14N2O6. The summed E-state index contributed by atoms with van der Waals surface area (Å²) in [5.41, 5.74) is -0.710. The van der Waals surface area contributed by atoms with E-state index >= 15 is 0 Å². The highest BCUT2D eigenvalue weighted by atomic mass is 16.5. The van der Waals surface area contributed by atoms with Gasteiger partial charge < -0.3 is 19.9 Å². The summed E-state index contributed by atoms with van der Waals surface area (Å²) < 4.78 is 8.87. The molecule has 1 heterocycles. The number of carbonyl (C=O) groups excluding carboxylic acids is 3. The predicted molar refractivity (Wildman–Crippen MR) is 72.1 cm³/mol. The maximum absolute atomic E-state index is 11.6. The van der Waals surface area contributed by atoms with Gasteiger partial charge in [-0.2, -0.15) is 0 Å². The number of nitrogens with zero attached hydrogens (tertiary/aromatic N) is 1. The smallest absolute Gasteiger partial charge is 0.349 e. The molecule has 0 saturated heterocycles. The van der Waals surface area contributed by atoms with E-state index in [4.69, 9.17) is 0 Å². The molecular weight excluding hydrogens is 280 g/mol. The Morgan fingerprint density at radius 3 is 2.24 bits per heavy atom. The van der Waals surface area contributed by atoms with Gasteiger partial charge in [0.15, 0.2) is 5.57 Å². The third-order valence-corrected chi connectivity index (χ3v) is 2.37. The van der Waals surface area contributed by atoms with Crippen molar-refractivity contribution in [2.24, 2.45) is 0 Å². The molecule has 0 atom stereocenters. The second-order valence-corrected chi connectivity index (χ2v) is 3.79. The van der Waals surface area contributed by atoms with Gasteiger partial charge in [0.25, 0.3) is 0 Å². The van der Waals surface area contributed by atoms with Gasteiger partial charge in [-0.3, -0.25) is 4.79 Å². The summed E-state index contributed by atoms with van der Waals surface area (Å²) in [6, 6.07) is 2.84. The number of ether oxygens (including phenoxy) is 2. The van der Waals surface area contributed by atoms with Crippen molar-refractivity contribution in [3.63, 3.8) is 0 Å². The minimum atomic E-state index is -1.07. The number of hydrogen-bond acceptors (Lipinski definition) is 7. The fourth-order valence-electron chi connectivity index (χ4n) is 1.48. The first-order valence-electron chi connectivity index (χ1n) is 5.75. The summed E-state index contributed by atoms with van der Waals surface area (Å²) >= 11 is 0. The Balaban J connectivity index is 3.46. The monoisotopic (exact) mass is 294 g/mol. The molecule has 0 aliphatic carbocycles. The number of nitrogens with one attached hydrogen (secondary N) is 1. The van der Waals surface area contributed by atoms with E-state index in [0.717, 1.165) is 14.2 Å². The van der Waals surface area contributed by atoms with E-state index < -0.39 is 29.2 Å². The molecule has 1 aromatic rings. The molecule has 0 bridgehead atoms. The van der Waals surface area contributed by atoms with Gasteiger partial charge in [-0.25, -0.2) is 14.6 Å². The lowest BCUT2D eigenvalue weighted by Crippen LogP contribution is -2.19. The largest absolute Gasteiger partial charge is 0.506 e. The fraction of sp³-hybridized carbons (Fsp3) is 0.231. The summed E-state index contributed by atoms with van der Waals surface area (Å²) in [6.45, 7) is 1.25. The van der Waals surface area contributed by atoms with Gasteiger partial charge >= 0.3 is 11.9 Å². The highest BCUT2D eigenvalue weighted by Gasteiger charge is 2.27. The number of pyridine rings is 1. The minimum Gasteiger partial charge on any atom is -0.506 e. The number of hydrogen-bond donors (Lipinski definition) is 2. The Morgan fingerprint density at radius 1 is 1.19 bits per heavy atom. The van der Waals surface area contributed by atoms with Crippen LogP contribution in [0.3, 0.4) is 0 Å². The standard InChI is InChI=1S/C13H14N2O6/c1-7(16)15-11-8(5-4-6-14-11)10(17)9(12(18)20-2)13(19)21-3/h4-6,17H,1-3H3,(H,14,15,16). The molecule has 21 heavy (non-hydrogen) atoms. The van der Waals surface area contributed by atoms with Crippen molar-refractivity contribution in [3.8, 4) is 0 Å². The van der Waals surface area contributed by atoms with E-state index in [2.05, 4.69) is 19.8 Å². The second kappa shape index (κ2) is 7.04. The van der Waals surface area contributed by atoms with Crippen molar-refractivity contribution in [2.75, 3.05) is 19.5 Å². The molecule has 1 aromatic heterocycles. The number of carbonyl (C=O) groups is 3. The van der Waals surface area contributed by atoms with Gasteiger partial charge in [0, 0.05) is 13.1 Å². The molecule has 8 heteroatoms. The number of rotatable bonds is 4. The van der Waals surface area contributed by atoms with Gasteiger partial charge in [0.2, 0.25) is 5.91 Å². The summed E-state index contributed by atoms with van der Waals surface area (Å²) in [4.78, 5) is 38.2. The summed E-state index contributed by atoms with van der Waals surface area (Å²) in [6.07, 6.45) is 1.37. The van der Waals surface area contributed by atoms with Crippen molar-refractivity contribution in [1.82, 2.24) is 4.98 Å². The lowest BCUT2D eigenvalue weighted by Gasteiger charge is -2.11. The number of methoxy groups -OCH3 is 2. The Morgan fingerprint density at radius 2 is 1.76 bits per heavy atom. The maximum atomic E-state index is 11.6. The number of aliphatic hydroxyl groups excluding tert-OH is 1. The molecule has 0 aromatic carbocycles. The highest BCUT2D eigenvalue weighted by molar-refractivity contribution is 6.19. The predicted octanol–water partition coefficient (Wildman–Crippen LogP) is 0.655. The lowest BCUT2D eigenvalue weighted by molar-refractivity contribution is -0.144. The number of amides is 1. The summed E-state index contributed by atoms with van der Waals surface area (Å²) in [5.74, 6) is -3.28. The third kappa shape index (κ3) is 3.78. The quantitative estimate of drug-likeness (QED) is 0.275. The van der Waals surface area contributed by atoms with Crippen LogP contribution in [0.2, 0.25) is 0 Å². The highest BCUT2D eigenvalue weighted by Crippen LogP contribution is 2.23. The van der Waals surface area contributed by atoms with Crippen molar-refractivity contribution in [1.29, 1.82) is 0 Å². The van der Waals surface area contributed by atoms with Gasteiger partial charge in [0.1, 0.15) is 11.6 Å². The van der Waals surface area contributed by atoms with Crippen LogP contribution in [0, 0.1) is 0 Å². The zero-order valence-electron chi connectivity index (χ0n) is 11.7. The number of esters is 2. The van der Waals surface area contributed by atoms with Gasteiger partial charge in [-0.1, -0.05) is 0 Å². The second-order valence-electron chi connectivity index (χ2n) is 3.79. The zero-order chi connectivity index (χ0) is 16.0. The van der Waals surface area contributed by atoms with E-state index in [9.17, 15) is 19.5 Å². The van der Waals surface area contributed by atoms with Crippen molar-refractivity contribution < 1.29 is 29.0 Å². The first-order chi connectivity index (χ1) is 9.92.